The summed E-state index contributed by atoms with van der Waals surface area (Å²) in [6.07, 6.45) is 18.7. The summed E-state index contributed by atoms with van der Waals surface area (Å²) in [6, 6.07) is 0. The molecule has 0 aromatic rings. The summed E-state index contributed by atoms with van der Waals surface area (Å²) in [5.41, 5.74) is -1.96. The Hall–Kier alpha value is -4.50. The summed E-state index contributed by atoms with van der Waals surface area (Å²) >= 11 is 0. The molecule has 4 N–H and O–H groups in total. The molecule has 16 heteroatoms. The van der Waals surface area contributed by atoms with Crippen molar-refractivity contribution in [3.8, 4) is 0 Å². The van der Waals surface area contributed by atoms with Crippen molar-refractivity contribution in [2.75, 3.05) is 6.61 Å². The highest BCUT2D eigenvalue weighted by atomic mass is 16.6. The van der Waals surface area contributed by atoms with Crippen LogP contribution >= 0.6 is 0 Å². The van der Waals surface area contributed by atoms with E-state index in [0.717, 1.165) is 92.3 Å². The van der Waals surface area contributed by atoms with E-state index >= 15 is 0 Å². The monoisotopic (exact) mass is 1150 g/mol. The maximum absolute atomic E-state index is 12.7. The van der Waals surface area contributed by atoms with Crippen molar-refractivity contribution in [3.63, 3.8) is 0 Å². The van der Waals surface area contributed by atoms with E-state index in [1.54, 1.807) is 0 Å². The summed E-state index contributed by atoms with van der Waals surface area (Å²) in [7, 11) is 0. The molecule has 0 aromatic carbocycles. The van der Waals surface area contributed by atoms with Gasteiger partial charge in [0.15, 0.2) is 0 Å². The lowest BCUT2D eigenvalue weighted by Gasteiger charge is -2.38. The molecule has 460 valence electrons. The van der Waals surface area contributed by atoms with Crippen molar-refractivity contribution in [1.82, 2.24) is 21.3 Å². The van der Waals surface area contributed by atoms with Crippen molar-refractivity contribution in [2.24, 2.45) is 146 Å². The van der Waals surface area contributed by atoms with Gasteiger partial charge in [-0.2, -0.15) is 0 Å². The Bertz CT molecular complexity index is 2620. The van der Waals surface area contributed by atoms with Gasteiger partial charge in [-0.05, 0) is 186 Å². The molecule has 16 nitrogen and oxygen atoms in total. The van der Waals surface area contributed by atoms with Crippen LogP contribution in [0.15, 0.2) is 0 Å². The van der Waals surface area contributed by atoms with E-state index in [1.165, 1.54) is 51.4 Å². The molecule has 0 spiro atoms. The molecular weight excluding hydrogens is 1050 g/mol. The molecule has 2 aliphatic heterocycles. The maximum atomic E-state index is 12.7. The van der Waals surface area contributed by atoms with Crippen molar-refractivity contribution in [3.05, 3.63) is 0 Å². The quantitative estimate of drug-likeness (QED) is 0.106. The Morgan fingerprint density at radius 2 is 0.843 bits per heavy atom. The summed E-state index contributed by atoms with van der Waals surface area (Å²) < 4.78 is 10.5. The zero-order valence-corrected chi connectivity index (χ0v) is 52.0. The molecule has 2 saturated heterocycles. The lowest BCUT2D eigenvalue weighted by Crippen LogP contribution is -2.47. The Morgan fingerprint density at radius 3 is 1.39 bits per heavy atom. The zero-order valence-electron chi connectivity index (χ0n) is 52.0. The Labute approximate surface area is 493 Å². The van der Waals surface area contributed by atoms with Crippen LogP contribution in [0.1, 0.15) is 199 Å². The molecule has 0 radical (unpaired) electrons. The van der Waals surface area contributed by atoms with Gasteiger partial charge < -0.3 is 9.47 Å². The second kappa shape index (κ2) is 23.0. The highest BCUT2D eigenvalue weighted by molar-refractivity contribution is 6.01. The molecule has 2 heterocycles. The van der Waals surface area contributed by atoms with E-state index < -0.39 is 21.7 Å². The van der Waals surface area contributed by atoms with E-state index in [4.69, 9.17) is 9.47 Å². The van der Waals surface area contributed by atoms with Crippen molar-refractivity contribution >= 4 is 59.2 Å². The minimum absolute atomic E-state index is 0.00170. The number of hydrogen-bond acceptors (Lipinski definition) is 12. The summed E-state index contributed by atoms with van der Waals surface area (Å²) in [5.74, 6) is 7.45. The van der Waals surface area contributed by atoms with Gasteiger partial charge in [-0.25, -0.2) is 0 Å². The molecular formula is C67H100N4O12. The maximum Gasteiger partial charge on any atom is 0.309 e. The first-order chi connectivity index (χ1) is 39.1. The molecule has 22 atom stereocenters. The van der Waals surface area contributed by atoms with Crippen LogP contribution in [0.2, 0.25) is 0 Å². The van der Waals surface area contributed by atoms with Gasteiger partial charge >= 0.3 is 11.9 Å². The number of esters is 2. The van der Waals surface area contributed by atoms with Crippen LogP contribution in [0.25, 0.3) is 0 Å². The Kier molecular flexibility index (Phi) is 17.0. The molecule has 11 saturated carbocycles. The first kappa shape index (κ1) is 61.6. The number of rotatable bonds is 12. The standard InChI is InChI=1S/C19H29NO2.C17H27NO2.C16H23NO4.C15H21NO4/c1-4-19(2,3)18(22)20-17(21)14-9-12-8-13(14)16-11-6-5-10(7-11)15(12)16;1-4-17(2,3)16(20)18-15(19)14-9-10-8-13(14)12-7-5-6-11(10)12;1-4-16(2,3)15(20)17-13(18)10-6-8-5-9(10)11-7-21-14(19)12(8)11;1-4-15(2,3)14(19)16-12(17)10-7-5-8-9(6-7)13(18)20-11(8)10/h10-16H,4-9H2,1-3H3,(H,20,21,22);10-14H,4-9H2,1-3H3,(H,18,19,20);8-12H,4-7H2,1-3H3,(H,17,18,20);7-11H,4-6H2,1-3H3,(H,16,17,19). The SMILES string of the molecule is CCC(C)(C)C(=O)NC(=O)C1C2CC3C(=O)OC1C3C2.CCC(C)(C)C(=O)NC(=O)C1CC2CC1C1C3CCC(C3)C21.CCC(C)(C)C(=O)NC(=O)C1CC2CC1C1CCCC21.CCC(C)(C)C(=O)NC(=O)C1CC2CC1C1COC(=O)C21. The third-order valence-corrected chi connectivity index (χ3v) is 25.8. The van der Waals surface area contributed by atoms with Crippen molar-refractivity contribution < 1.29 is 57.4 Å². The van der Waals surface area contributed by atoms with Gasteiger partial charge in [0.1, 0.15) is 6.10 Å². The lowest BCUT2D eigenvalue weighted by molar-refractivity contribution is -0.147. The topological polar surface area (TPSA) is 237 Å². The molecule has 0 aromatic heterocycles. The fraction of sp³-hybridized carbons (Fsp3) is 0.851. The summed E-state index contributed by atoms with van der Waals surface area (Å²) in [4.78, 5) is 122. The average Bonchev–Trinajstić information content (AvgIpc) is 3.37. The van der Waals surface area contributed by atoms with Gasteiger partial charge in [-0.3, -0.25) is 69.2 Å². The van der Waals surface area contributed by atoms with Crippen molar-refractivity contribution in [1.29, 1.82) is 0 Å². The van der Waals surface area contributed by atoms with E-state index in [-0.39, 0.29) is 130 Å². The average molecular weight is 1150 g/mol. The van der Waals surface area contributed by atoms with Gasteiger partial charge in [0, 0.05) is 51.2 Å². The van der Waals surface area contributed by atoms with E-state index in [0.29, 0.717) is 37.7 Å². The van der Waals surface area contributed by atoms with E-state index in [2.05, 4.69) is 21.3 Å². The van der Waals surface area contributed by atoms with Crippen LogP contribution in [-0.4, -0.2) is 71.9 Å². The van der Waals surface area contributed by atoms with Crippen LogP contribution in [0, 0.1) is 146 Å². The van der Waals surface area contributed by atoms with Gasteiger partial charge in [0.2, 0.25) is 47.3 Å². The predicted octanol–water partition coefficient (Wildman–Crippen LogP) is 9.30. The third-order valence-electron chi connectivity index (χ3n) is 25.8. The number of nitrogens with one attached hydrogen (secondary N) is 4. The minimum atomic E-state index is -0.553. The number of ether oxygens (including phenoxy) is 2. The largest absolute Gasteiger partial charge is 0.465 e. The van der Waals surface area contributed by atoms with Gasteiger partial charge in [0.25, 0.3) is 0 Å². The van der Waals surface area contributed by atoms with Gasteiger partial charge in [-0.1, -0.05) is 89.5 Å². The fourth-order valence-corrected chi connectivity index (χ4v) is 19.3. The van der Waals surface area contributed by atoms with Crippen LogP contribution in [-0.2, 0) is 57.4 Å². The molecule has 10 bridgehead atoms. The van der Waals surface area contributed by atoms with E-state index in [1.807, 2.05) is 83.1 Å². The highest BCUT2D eigenvalue weighted by Gasteiger charge is 2.66. The molecule has 13 fully saturated rings. The first-order valence-electron chi connectivity index (χ1n) is 32.8. The smallest absolute Gasteiger partial charge is 0.309 e. The number of cyclic esters (lactones) is 1. The number of imide groups is 4. The zero-order chi connectivity index (χ0) is 60.2. The van der Waals surface area contributed by atoms with Gasteiger partial charge in [0.05, 0.1) is 24.4 Å². The van der Waals surface area contributed by atoms with Crippen LogP contribution in [0.3, 0.4) is 0 Å². The third kappa shape index (κ3) is 11.1. The molecule has 22 unspecified atom stereocenters. The number of carbonyl (C=O) groups excluding carboxylic acids is 10. The van der Waals surface area contributed by atoms with E-state index in [9.17, 15) is 47.9 Å². The Balaban J connectivity index is 0.000000124. The lowest BCUT2D eigenvalue weighted by atomic mass is 9.67. The molecule has 8 amide bonds. The number of amides is 8. The normalized spacial score (nSPS) is 39.9. The highest BCUT2D eigenvalue weighted by Crippen LogP contribution is 2.69. The molecule has 13 rings (SSSR count). The number of fused-ring (bicyclic) bond motifs is 20. The number of hydrogen-bond donors (Lipinski definition) is 4. The fourth-order valence-electron chi connectivity index (χ4n) is 19.3. The van der Waals surface area contributed by atoms with Crippen LogP contribution < -0.4 is 21.3 Å². The molecule has 83 heavy (non-hydrogen) atoms. The molecule has 13 aliphatic rings. The second-order valence-electron chi connectivity index (χ2n) is 31.2. The van der Waals surface area contributed by atoms with Gasteiger partial charge in [-0.15, -0.1) is 0 Å². The van der Waals surface area contributed by atoms with Crippen molar-refractivity contribution in [2.45, 2.75) is 205 Å². The second-order valence-corrected chi connectivity index (χ2v) is 31.2. The summed E-state index contributed by atoms with van der Waals surface area (Å²) in [5, 5.41) is 10.6. The minimum Gasteiger partial charge on any atom is -0.465 e. The van der Waals surface area contributed by atoms with Crippen LogP contribution in [0.4, 0.5) is 0 Å². The Morgan fingerprint density at radius 1 is 0.410 bits per heavy atom. The summed E-state index contributed by atoms with van der Waals surface area (Å²) in [6.45, 7) is 23.3. The number of carbonyl (C=O) groups is 10. The molecule has 11 aliphatic carbocycles. The predicted molar refractivity (Wildman–Crippen MR) is 308 cm³/mol. The van der Waals surface area contributed by atoms with Crippen LogP contribution in [0.5, 0.6) is 0 Å². The first-order valence-corrected chi connectivity index (χ1v) is 32.8.